The van der Waals surface area contributed by atoms with Gasteiger partial charge in [0.15, 0.2) is 0 Å². The van der Waals surface area contributed by atoms with Gasteiger partial charge in [0, 0.05) is 26.1 Å². The lowest BCUT2D eigenvalue weighted by Crippen LogP contribution is -2.43. The number of rotatable bonds is 5. The van der Waals surface area contributed by atoms with E-state index in [9.17, 15) is 13.2 Å². The minimum atomic E-state index is -3.82. The summed E-state index contributed by atoms with van der Waals surface area (Å²) in [6.45, 7) is 0.778. The molecule has 10 heteroatoms. The molecule has 1 fully saturated rings. The highest BCUT2D eigenvalue weighted by atomic mass is 35.5. The lowest BCUT2D eigenvalue weighted by atomic mass is 9.97. The van der Waals surface area contributed by atoms with E-state index in [2.05, 4.69) is 10.3 Å². The van der Waals surface area contributed by atoms with Crippen molar-refractivity contribution in [3.8, 4) is 0 Å². The molecule has 0 saturated carbocycles. The highest BCUT2D eigenvalue weighted by Gasteiger charge is 2.34. The van der Waals surface area contributed by atoms with Gasteiger partial charge in [-0.05, 0) is 37.1 Å². The Morgan fingerprint density at radius 2 is 1.74 bits per heavy atom. The molecule has 7 nitrogen and oxygen atoms in total. The van der Waals surface area contributed by atoms with Crippen LogP contribution in [0.2, 0.25) is 10.0 Å². The molecule has 4 rings (SSSR count). The number of hydrogen-bond donors (Lipinski definition) is 1. The largest absolute Gasteiger partial charge is 0.349 e. The summed E-state index contributed by atoms with van der Waals surface area (Å²) in [4.78, 5) is 17.2. The summed E-state index contributed by atoms with van der Waals surface area (Å²) in [5.41, 5.74) is 1.88. The molecule has 1 aromatic heterocycles. The predicted octanol–water partition coefficient (Wildman–Crippen LogP) is 3.60. The van der Waals surface area contributed by atoms with Crippen LogP contribution in [0.4, 0.5) is 0 Å². The fourth-order valence-corrected chi connectivity index (χ4v) is 6.44. The fraction of sp³-hybridized carbons (Fsp3) is 0.333. The van der Waals surface area contributed by atoms with E-state index in [-0.39, 0.29) is 39.9 Å². The summed E-state index contributed by atoms with van der Waals surface area (Å²) in [7, 11) is -1.91. The Morgan fingerprint density at radius 3 is 2.39 bits per heavy atom. The molecule has 0 radical (unpaired) electrons. The van der Waals surface area contributed by atoms with Crippen molar-refractivity contribution < 1.29 is 13.2 Å². The van der Waals surface area contributed by atoms with Crippen molar-refractivity contribution in [2.75, 3.05) is 13.1 Å². The number of aromatic nitrogens is 2. The second-order valence-electron chi connectivity index (χ2n) is 7.52. The smallest absolute Gasteiger partial charge is 0.246 e. The number of aryl methyl sites for hydroxylation is 1. The molecule has 1 aliphatic rings. The van der Waals surface area contributed by atoms with E-state index in [0.29, 0.717) is 19.4 Å². The minimum absolute atomic E-state index is 0.0805. The molecule has 1 aliphatic heterocycles. The number of amides is 1. The number of hydrogen-bond acceptors (Lipinski definition) is 4. The number of carbonyl (C=O) groups excluding carboxylic acids is 1. The quantitative estimate of drug-likeness (QED) is 0.604. The van der Waals surface area contributed by atoms with Crippen LogP contribution in [-0.2, 0) is 28.4 Å². The first kappa shape index (κ1) is 22.1. The van der Waals surface area contributed by atoms with Gasteiger partial charge in [-0.3, -0.25) is 4.79 Å². The monoisotopic (exact) mass is 480 g/mol. The summed E-state index contributed by atoms with van der Waals surface area (Å²) >= 11 is 12.2. The average Bonchev–Trinajstić information content (AvgIpc) is 3.07. The number of halogens is 2. The van der Waals surface area contributed by atoms with Crippen LogP contribution in [0.1, 0.15) is 18.7 Å². The van der Waals surface area contributed by atoms with E-state index in [0.717, 1.165) is 16.9 Å². The standard InChI is InChI=1S/C21H22Cl2N4O3S/c1-26-18-8-3-2-7-17(18)25-19(26)13-24-21(28)14-9-11-27(12-10-14)31(29,30)20-15(22)5-4-6-16(20)23/h2-8,14H,9-13H2,1H3,(H,24,28). The van der Waals surface area contributed by atoms with Crippen LogP contribution in [0.15, 0.2) is 47.4 Å². The lowest BCUT2D eigenvalue weighted by molar-refractivity contribution is -0.126. The molecule has 0 bridgehead atoms. The van der Waals surface area contributed by atoms with Gasteiger partial charge >= 0.3 is 0 Å². The van der Waals surface area contributed by atoms with Crippen molar-refractivity contribution in [3.63, 3.8) is 0 Å². The zero-order valence-electron chi connectivity index (χ0n) is 16.9. The maximum atomic E-state index is 13.0. The van der Waals surface area contributed by atoms with Gasteiger partial charge in [0.05, 0.1) is 27.6 Å². The Kier molecular flexibility index (Phi) is 6.25. The van der Waals surface area contributed by atoms with Crippen molar-refractivity contribution in [2.45, 2.75) is 24.3 Å². The van der Waals surface area contributed by atoms with Gasteiger partial charge in [0.1, 0.15) is 10.7 Å². The molecule has 3 aromatic rings. The maximum absolute atomic E-state index is 13.0. The third kappa shape index (κ3) is 4.30. The molecule has 0 spiro atoms. The number of sulfonamides is 1. The number of nitrogens with zero attached hydrogens (tertiary/aromatic N) is 3. The lowest BCUT2D eigenvalue weighted by Gasteiger charge is -2.31. The molecular weight excluding hydrogens is 459 g/mol. The van der Waals surface area contributed by atoms with Crippen molar-refractivity contribution in [1.29, 1.82) is 0 Å². The van der Waals surface area contributed by atoms with Crippen LogP contribution in [0, 0.1) is 5.92 Å². The van der Waals surface area contributed by atoms with E-state index in [4.69, 9.17) is 23.2 Å². The van der Waals surface area contributed by atoms with Crippen LogP contribution >= 0.6 is 23.2 Å². The van der Waals surface area contributed by atoms with E-state index < -0.39 is 10.0 Å². The maximum Gasteiger partial charge on any atom is 0.246 e. The molecule has 0 unspecified atom stereocenters. The molecular formula is C21H22Cl2N4O3S. The molecule has 0 aliphatic carbocycles. The Labute approximate surface area is 191 Å². The van der Waals surface area contributed by atoms with E-state index in [1.54, 1.807) is 6.07 Å². The van der Waals surface area contributed by atoms with Gasteiger partial charge in [-0.1, -0.05) is 41.4 Å². The third-order valence-corrected chi connectivity index (χ3v) is 8.50. The van der Waals surface area contributed by atoms with Crippen LogP contribution in [-0.4, -0.2) is 41.3 Å². The average molecular weight is 481 g/mol. The molecule has 1 N–H and O–H groups in total. The molecule has 1 amide bonds. The van der Waals surface area contributed by atoms with Gasteiger partial charge in [-0.2, -0.15) is 4.31 Å². The number of imidazole rings is 1. The first-order valence-electron chi connectivity index (χ1n) is 9.91. The van der Waals surface area contributed by atoms with Gasteiger partial charge in [0.25, 0.3) is 0 Å². The molecule has 2 aromatic carbocycles. The Balaban J connectivity index is 1.38. The van der Waals surface area contributed by atoms with Crippen molar-refractivity contribution >= 4 is 50.2 Å². The van der Waals surface area contributed by atoms with Crippen molar-refractivity contribution in [1.82, 2.24) is 19.2 Å². The minimum Gasteiger partial charge on any atom is -0.349 e. The Morgan fingerprint density at radius 1 is 1.10 bits per heavy atom. The van der Waals surface area contributed by atoms with Crippen LogP contribution in [0.25, 0.3) is 11.0 Å². The van der Waals surface area contributed by atoms with Crippen molar-refractivity contribution in [2.24, 2.45) is 13.0 Å². The van der Waals surface area contributed by atoms with Gasteiger partial charge in [0.2, 0.25) is 15.9 Å². The molecule has 31 heavy (non-hydrogen) atoms. The Bertz CT molecular complexity index is 1210. The van der Waals surface area contributed by atoms with Crippen LogP contribution < -0.4 is 5.32 Å². The van der Waals surface area contributed by atoms with Crippen LogP contribution in [0.3, 0.4) is 0 Å². The fourth-order valence-electron chi connectivity index (χ4n) is 3.88. The summed E-state index contributed by atoms with van der Waals surface area (Å²) in [6, 6.07) is 12.4. The zero-order chi connectivity index (χ0) is 22.2. The van der Waals surface area contributed by atoms with E-state index in [1.165, 1.54) is 16.4 Å². The SMILES string of the molecule is Cn1c(CNC(=O)C2CCN(S(=O)(=O)c3c(Cl)cccc3Cl)CC2)nc2ccccc21. The normalized spacial score (nSPS) is 16.0. The third-order valence-electron chi connectivity index (χ3n) is 5.64. The zero-order valence-corrected chi connectivity index (χ0v) is 19.2. The Hall–Kier alpha value is -2.13. The molecule has 1 saturated heterocycles. The predicted molar refractivity (Wildman–Crippen MR) is 121 cm³/mol. The number of benzene rings is 2. The summed E-state index contributed by atoms with van der Waals surface area (Å²) < 4.78 is 29.3. The van der Waals surface area contributed by atoms with E-state index >= 15 is 0 Å². The van der Waals surface area contributed by atoms with Gasteiger partial charge < -0.3 is 9.88 Å². The number of fused-ring (bicyclic) bond motifs is 1. The van der Waals surface area contributed by atoms with Crippen molar-refractivity contribution in [3.05, 3.63) is 58.3 Å². The molecule has 2 heterocycles. The highest BCUT2D eigenvalue weighted by Crippen LogP contribution is 2.33. The summed E-state index contributed by atoms with van der Waals surface area (Å²) in [6.07, 6.45) is 0.853. The number of para-hydroxylation sites is 2. The van der Waals surface area contributed by atoms with Crippen LogP contribution in [0.5, 0.6) is 0 Å². The second-order valence-corrected chi connectivity index (χ2v) is 10.2. The summed E-state index contributed by atoms with van der Waals surface area (Å²) in [5.74, 6) is 0.408. The topological polar surface area (TPSA) is 84.3 Å². The summed E-state index contributed by atoms with van der Waals surface area (Å²) in [5, 5.41) is 3.13. The number of nitrogens with one attached hydrogen (secondary N) is 1. The number of carbonyl (C=O) groups is 1. The van der Waals surface area contributed by atoms with Gasteiger partial charge in [-0.15, -0.1) is 0 Å². The van der Waals surface area contributed by atoms with Gasteiger partial charge in [-0.25, -0.2) is 13.4 Å². The second kappa shape index (κ2) is 8.78. The number of piperidine rings is 1. The van der Waals surface area contributed by atoms with E-state index in [1.807, 2.05) is 35.9 Å². The molecule has 0 atom stereocenters. The first-order valence-corrected chi connectivity index (χ1v) is 12.1. The molecule has 164 valence electrons. The first-order chi connectivity index (χ1) is 14.8. The highest BCUT2D eigenvalue weighted by molar-refractivity contribution is 7.89.